The molecule has 0 atom stereocenters. The van der Waals surface area contributed by atoms with Crippen molar-refractivity contribution in [1.82, 2.24) is 9.97 Å². The Labute approximate surface area is 131 Å². The summed E-state index contributed by atoms with van der Waals surface area (Å²) in [6.07, 6.45) is 4.05. The van der Waals surface area contributed by atoms with Gasteiger partial charge in [0.2, 0.25) is 0 Å². The van der Waals surface area contributed by atoms with Crippen LogP contribution in [0.5, 0.6) is 0 Å². The van der Waals surface area contributed by atoms with Crippen molar-refractivity contribution in [2.24, 2.45) is 0 Å². The summed E-state index contributed by atoms with van der Waals surface area (Å²) in [5, 5.41) is 3.76. The maximum atomic E-state index is 4.63. The Balaban J connectivity index is 1.97. The van der Waals surface area contributed by atoms with E-state index in [4.69, 9.17) is 0 Å². The molecule has 1 N–H and O–H groups in total. The van der Waals surface area contributed by atoms with Gasteiger partial charge in [-0.1, -0.05) is 48.5 Å². The van der Waals surface area contributed by atoms with Crippen LogP contribution in [0.25, 0.3) is 42.3 Å². The van der Waals surface area contributed by atoms with Crippen molar-refractivity contribution >= 4 is 42.5 Å². The molecule has 3 aromatic heterocycles. The smallest absolute Gasteiger partial charge is 0.139 e. The van der Waals surface area contributed by atoms with Crippen LogP contribution in [0.4, 0.5) is 0 Å². The van der Waals surface area contributed by atoms with Crippen molar-refractivity contribution in [3.8, 4) is 11.1 Å². The Kier molecular flexibility index (Phi) is 2.40. The van der Waals surface area contributed by atoms with E-state index in [0.717, 1.165) is 5.65 Å². The molecule has 0 aliphatic heterocycles. The Morgan fingerprint density at radius 2 is 1.68 bits per heavy atom. The Morgan fingerprint density at radius 1 is 0.864 bits per heavy atom. The molecule has 0 radical (unpaired) electrons. The van der Waals surface area contributed by atoms with Crippen LogP contribution in [-0.2, 0) is 0 Å². The van der Waals surface area contributed by atoms with Crippen LogP contribution in [0.3, 0.4) is 0 Å². The highest BCUT2D eigenvalue weighted by Crippen LogP contribution is 2.40. The first-order valence-corrected chi connectivity index (χ1v) is 8.06. The molecule has 5 rings (SSSR count). The quantitative estimate of drug-likeness (QED) is 0.429. The monoisotopic (exact) mass is 300 g/mol. The molecule has 2 aromatic carbocycles. The number of hydrogen-bond donors (Lipinski definition) is 1. The molecule has 0 aliphatic carbocycles. The van der Waals surface area contributed by atoms with E-state index in [1.807, 2.05) is 23.6 Å². The first kappa shape index (κ1) is 12.0. The largest absolute Gasteiger partial charge is 0.345 e. The van der Waals surface area contributed by atoms with Gasteiger partial charge in [0.15, 0.2) is 0 Å². The summed E-state index contributed by atoms with van der Waals surface area (Å²) in [7, 11) is 0. The zero-order valence-corrected chi connectivity index (χ0v) is 12.5. The molecule has 0 aliphatic rings. The molecule has 0 unspecified atom stereocenters. The number of aromatic nitrogens is 2. The van der Waals surface area contributed by atoms with E-state index in [1.54, 1.807) is 0 Å². The molecule has 104 valence electrons. The number of thiophene rings is 1. The van der Waals surface area contributed by atoms with Gasteiger partial charge in [-0.2, -0.15) is 0 Å². The van der Waals surface area contributed by atoms with Crippen molar-refractivity contribution in [2.45, 2.75) is 0 Å². The van der Waals surface area contributed by atoms with Crippen LogP contribution in [0.2, 0.25) is 0 Å². The number of fused-ring (bicyclic) bond motifs is 5. The number of rotatable bonds is 1. The van der Waals surface area contributed by atoms with E-state index in [0.29, 0.717) is 0 Å². The number of nitrogens with one attached hydrogen (secondary N) is 1. The van der Waals surface area contributed by atoms with Crippen molar-refractivity contribution in [3.63, 3.8) is 0 Å². The first-order chi connectivity index (χ1) is 10.9. The van der Waals surface area contributed by atoms with Crippen LogP contribution >= 0.6 is 11.3 Å². The lowest BCUT2D eigenvalue weighted by Crippen LogP contribution is -1.78. The topological polar surface area (TPSA) is 28.7 Å². The molecular weight excluding hydrogens is 288 g/mol. The zero-order valence-electron chi connectivity index (χ0n) is 11.7. The standard InChI is InChI=1S/C19H12N2S/c1-2-6-12(7-3-1)14-10-20-19-17(14)18-15(11-21-19)13-8-4-5-9-16(13)22-18/h1-11H,(H,20,21). The minimum atomic E-state index is 0.956. The Bertz CT molecular complexity index is 1120. The van der Waals surface area contributed by atoms with Gasteiger partial charge in [0.1, 0.15) is 5.65 Å². The van der Waals surface area contributed by atoms with Gasteiger partial charge in [-0.3, -0.25) is 0 Å². The predicted molar refractivity (Wildman–Crippen MR) is 94.4 cm³/mol. The maximum absolute atomic E-state index is 4.63. The predicted octanol–water partition coefficient (Wildman–Crippen LogP) is 5.60. The third-order valence-corrected chi connectivity index (χ3v) is 5.33. The van der Waals surface area contributed by atoms with E-state index in [-0.39, 0.29) is 0 Å². The van der Waals surface area contributed by atoms with Gasteiger partial charge in [-0.05, 0) is 11.6 Å². The molecular formula is C19H12N2S. The molecule has 2 nitrogen and oxygen atoms in total. The van der Waals surface area contributed by atoms with Crippen LogP contribution in [-0.4, -0.2) is 9.97 Å². The average molecular weight is 300 g/mol. The highest BCUT2D eigenvalue weighted by atomic mass is 32.1. The van der Waals surface area contributed by atoms with E-state index < -0.39 is 0 Å². The third-order valence-electron chi connectivity index (χ3n) is 4.13. The van der Waals surface area contributed by atoms with Crippen molar-refractivity contribution in [1.29, 1.82) is 0 Å². The molecule has 0 spiro atoms. The lowest BCUT2D eigenvalue weighted by molar-refractivity contribution is 1.34. The Morgan fingerprint density at radius 3 is 2.59 bits per heavy atom. The van der Waals surface area contributed by atoms with Crippen molar-refractivity contribution in [3.05, 3.63) is 67.0 Å². The van der Waals surface area contributed by atoms with E-state index >= 15 is 0 Å². The number of hydrogen-bond acceptors (Lipinski definition) is 2. The van der Waals surface area contributed by atoms with Gasteiger partial charge in [0.05, 0.1) is 0 Å². The number of benzene rings is 2. The SMILES string of the molecule is c1ccc(-c2c[nH]c3ncc4c5ccccc5sc4c23)cc1. The summed E-state index contributed by atoms with van der Waals surface area (Å²) in [6.45, 7) is 0. The molecule has 3 heterocycles. The van der Waals surface area contributed by atoms with Gasteiger partial charge >= 0.3 is 0 Å². The fourth-order valence-electron chi connectivity index (χ4n) is 3.10. The molecule has 0 saturated heterocycles. The van der Waals surface area contributed by atoms with Gasteiger partial charge < -0.3 is 4.98 Å². The molecule has 0 fully saturated rings. The fraction of sp³-hybridized carbons (Fsp3) is 0. The van der Waals surface area contributed by atoms with E-state index in [1.165, 1.54) is 36.7 Å². The molecule has 0 saturated carbocycles. The average Bonchev–Trinajstić information content (AvgIpc) is 3.16. The Hall–Kier alpha value is -2.65. The van der Waals surface area contributed by atoms with Gasteiger partial charge in [0.25, 0.3) is 0 Å². The summed E-state index contributed by atoms with van der Waals surface area (Å²) in [6, 6.07) is 19.0. The highest BCUT2D eigenvalue weighted by molar-refractivity contribution is 7.26. The summed E-state index contributed by atoms with van der Waals surface area (Å²) in [5.74, 6) is 0. The lowest BCUT2D eigenvalue weighted by atomic mass is 10.0. The molecule has 5 aromatic rings. The molecule has 22 heavy (non-hydrogen) atoms. The molecule has 0 bridgehead atoms. The summed E-state index contributed by atoms with van der Waals surface area (Å²) >= 11 is 1.84. The number of nitrogens with zero attached hydrogens (tertiary/aromatic N) is 1. The van der Waals surface area contributed by atoms with E-state index in [2.05, 4.69) is 64.7 Å². The minimum Gasteiger partial charge on any atom is -0.345 e. The summed E-state index contributed by atoms with van der Waals surface area (Å²) in [5.41, 5.74) is 3.40. The van der Waals surface area contributed by atoms with Crippen LogP contribution in [0.1, 0.15) is 0 Å². The molecule has 0 amide bonds. The minimum absolute atomic E-state index is 0.956. The molecule has 3 heteroatoms. The number of H-pyrrole nitrogens is 1. The normalized spacial score (nSPS) is 11.6. The number of pyridine rings is 1. The second-order valence-corrected chi connectivity index (χ2v) is 6.44. The van der Waals surface area contributed by atoms with Crippen molar-refractivity contribution < 1.29 is 0 Å². The highest BCUT2D eigenvalue weighted by Gasteiger charge is 2.14. The van der Waals surface area contributed by atoms with Gasteiger partial charge in [-0.15, -0.1) is 11.3 Å². The van der Waals surface area contributed by atoms with Crippen LogP contribution in [0, 0.1) is 0 Å². The van der Waals surface area contributed by atoms with Crippen LogP contribution in [0.15, 0.2) is 67.0 Å². The second kappa shape index (κ2) is 4.42. The van der Waals surface area contributed by atoms with Gasteiger partial charge in [0, 0.05) is 43.5 Å². The fourth-order valence-corrected chi connectivity index (χ4v) is 4.33. The summed E-state index contributed by atoms with van der Waals surface area (Å²) in [4.78, 5) is 7.95. The number of aromatic amines is 1. The first-order valence-electron chi connectivity index (χ1n) is 7.24. The van der Waals surface area contributed by atoms with Crippen molar-refractivity contribution in [2.75, 3.05) is 0 Å². The van der Waals surface area contributed by atoms with Gasteiger partial charge in [-0.25, -0.2) is 4.98 Å². The maximum Gasteiger partial charge on any atom is 0.139 e. The second-order valence-electron chi connectivity index (χ2n) is 5.39. The lowest BCUT2D eigenvalue weighted by Gasteiger charge is -2.00. The third kappa shape index (κ3) is 1.57. The zero-order chi connectivity index (χ0) is 14.5. The van der Waals surface area contributed by atoms with E-state index in [9.17, 15) is 0 Å². The van der Waals surface area contributed by atoms with Crippen LogP contribution < -0.4 is 0 Å². The summed E-state index contributed by atoms with van der Waals surface area (Å²) < 4.78 is 2.62.